The van der Waals surface area contributed by atoms with E-state index in [1.165, 1.54) is 0 Å². The Kier molecular flexibility index (Phi) is 4.71. The van der Waals surface area contributed by atoms with Crippen LogP contribution in [0.25, 0.3) is 0 Å². The second-order valence-corrected chi connectivity index (χ2v) is 6.74. The summed E-state index contributed by atoms with van der Waals surface area (Å²) in [6.07, 6.45) is 7.13. The fourth-order valence-corrected chi connectivity index (χ4v) is 3.83. The Morgan fingerprint density at radius 2 is 1.85 bits per heavy atom. The summed E-state index contributed by atoms with van der Waals surface area (Å²) in [5.74, 6) is 0.117. The van der Waals surface area contributed by atoms with Gasteiger partial charge in [-0.1, -0.05) is 26.7 Å². The third kappa shape index (κ3) is 2.99. The smallest absolute Gasteiger partial charge is 0.329 e. The van der Waals surface area contributed by atoms with E-state index < -0.39 is 11.5 Å². The molecule has 0 heterocycles. The maximum atomic E-state index is 12.4. The van der Waals surface area contributed by atoms with E-state index in [0.29, 0.717) is 24.7 Å². The molecule has 2 saturated carbocycles. The molecule has 0 aromatic carbocycles. The van der Waals surface area contributed by atoms with Crippen molar-refractivity contribution >= 4 is 11.9 Å². The van der Waals surface area contributed by atoms with Crippen LogP contribution in [0.2, 0.25) is 0 Å². The molecule has 2 aliphatic rings. The third-order valence-electron chi connectivity index (χ3n) is 5.51. The summed E-state index contributed by atoms with van der Waals surface area (Å²) < 4.78 is 0. The first-order valence-corrected chi connectivity index (χ1v) is 8.04. The lowest BCUT2D eigenvalue weighted by atomic mass is 9.75. The van der Waals surface area contributed by atoms with Gasteiger partial charge in [0.05, 0.1) is 0 Å². The van der Waals surface area contributed by atoms with Gasteiger partial charge in [0, 0.05) is 5.92 Å². The lowest BCUT2D eigenvalue weighted by molar-refractivity contribution is -0.150. The molecular formula is C16H27NO3. The first-order chi connectivity index (χ1) is 9.48. The number of nitrogens with one attached hydrogen (secondary N) is 1. The van der Waals surface area contributed by atoms with E-state index in [4.69, 9.17) is 0 Å². The van der Waals surface area contributed by atoms with E-state index in [9.17, 15) is 14.7 Å². The lowest BCUT2D eigenvalue weighted by Crippen LogP contribution is -2.57. The molecule has 1 amide bonds. The van der Waals surface area contributed by atoms with Gasteiger partial charge in [0.2, 0.25) is 5.91 Å². The third-order valence-corrected chi connectivity index (χ3v) is 5.51. The molecule has 2 aliphatic carbocycles. The Hall–Kier alpha value is -1.06. The Labute approximate surface area is 121 Å². The molecule has 0 bridgehead atoms. The normalized spacial score (nSPS) is 37.6. The second-order valence-electron chi connectivity index (χ2n) is 6.74. The maximum Gasteiger partial charge on any atom is 0.329 e. The Morgan fingerprint density at radius 1 is 1.20 bits per heavy atom. The van der Waals surface area contributed by atoms with Crippen LogP contribution in [0.15, 0.2) is 0 Å². The molecule has 4 heteroatoms. The number of carbonyl (C=O) groups excluding carboxylic acids is 1. The molecule has 4 nitrogen and oxygen atoms in total. The number of hydrogen-bond acceptors (Lipinski definition) is 2. The van der Waals surface area contributed by atoms with Gasteiger partial charge in [-0.15, -0.1) is 0 Å². The van der Waals surface area contributed by atoms with Crippen LogP contribution < -0.4 is 5.32 Å². The van der Waals surface area contributed by atoms with Crippen LogP contribution in [0.1, 0.15) is 65.2 Å². The van der Waals surface area contributed by atoms with Crippen molar-refractivity contribution in [1.82, 2.24) is 5.32 Å². The standard InChI is InChI=1S/C16H27NO3/c1-3-12-7-9-16(10-8-12,15(19)20)17-14(18)13-6-4-5-11(13)2/h11-13H,3-10H2,1-2H3,(H,17,18)(H,19,20). The van der Waals surface area contributed by atoms with Gasteiger partial charge < -0.3 is 10.4 Å². The Balaban J connectivity index is 2.03. The molecule has 0 aromatic heterocycles. The average molecular weight is 281 g/mol. The highest BCUT2D eigenvalue weighted by Crippen LogP contribution is 2.36. The summed E-state index contributed by atoms with van der Waals surface area (Å²) in [5, 5.41) is 12.5. The largest absolute Gasteiger partial charge is 0.480 e. The first-order valence-electron chi connectivity index (χ1n) is 8.04. The highest BCUT2D eigenvalue weighted by Gasteiger charge is 2.44. The fourth-order valence-electron chi connectivity index (χ4n) is 3.83. The van der Waals surface area contributed by atoms with E-state index in [1.54, 1.807) is 0 Å². The maximum absolute atomic E-state index is 12.4. The lowest BCUT2D eigenvalue weighted by Gasteiger charge is -2.38. The highest BCUT2D eigenvalue weighted by molar-refractivity contribution is 5.88. The molecular weight excluding hydrogens is 254 g/mol. The van der Waals surface area contributed by atoms with Crippen molar-refractivity contribution in [3.63, 3.8) is 0 Å². The van der Waals surface area contributed by atoms with Gasteiger partial charge in [0.25, 0.3) is 0 Å². The summed E-state index contributed by atoms with van der Waals surface area (Å²) in [5.41, 5.74) is -1.01. The van der Waals surface area contributed by atoms with Crippen molar-refractivity contribution in [3.05, 3.63) is 0 Å². The van der Waals surface area contributed by atoms with E-state index >= 15 is 0 Å². The van der Waals surface area contributed by atoms with Crippen LogP contribution in [0, 0.1) is 17.8 Å². The molecule has 2 atom stereocenters. The van der Waals surface area contributed by atoms with E-state index in [1.807, 2.05) is 0 Å². The minimum absolute atomic E-state index is 0.00937. The first kappa shape index (κ1) is 15.3. The fraction of sp³-hybridized carbons (Fsp3) is 0.875. The topological polar surface area (TPSA) is 66.4 Å². The molecule has 0 aromatic rings. The molecule has 2 unspecified atom stereocenters. The summed E-state index contributed by atoms with van der Waals surface area (Å²) >= 11 is 0. The summed E-state index contributed by atoms with van der Waals surface area (Å²) in [6.45, 7) is 4.25. The van der Waals surface area contributed by atoms with Crippen molar-refractivity contribution in [3.8, 4) is 0 Å². The minimum atomic E-state index is -1.01. The number of rotatable bonds is 4. The zero-order chi connectivity index (χ0) is 14.8. The van der Waals surface area contributed by atoms with Gasteiger partial charge in [-0.3, -0.25) is 4.79 Å². The molecule has 114 valence electrons. The number of aliphatic carboxylic acids is 1. The molecule has 0 saturated heterocycles. The monoisotopic (exact) mass is 281 g/mol. The van der Waals surface area contributed by atoms with Crippen LogP contribution in [-0.2, 0) is 9.59 Å². The molecule has 2 rings (SSSR count). The number of hydrogen-bond donors (Lipinski definition) is 2. The molecule has 0 aliphatic heterocycles. The minimum Gasteiger partial charge on any atom is -0.480 e. The second kappa shape index (κ2) is 6.15. The van der Waals surface area contributed by atoms with Gasteiger partial charge in [-0.2, -0.15) is 0 Å². The number of carboxylic acid groups (broad SMARTS) is 1. The Morgan fingerprint density at radius 3 is 2.30 bits per heavy atom. The van der Waals surface area contributed by atoms with Crippen LogP contribution in [-0.4, -0.2) is 22.5 Å². The summed E-state index contributed by atoms with van der Waals surface area (Å²) in [7, 11) is 0. The zero-order valence-electron chi connectivity index (χ0n) is 12.7. The van der Waals surface area contributed by atoms with Gasteiger partial charge in [-0.25, -0.2) is 4.79 Å². The van der Waals surface area contributed by atoms with Crippen LogP contribution in [0.5, 0.6) is 0 Å². The SMILES string of the molecule is CCC1CCC(NC(=O)C2CCCC2C)(C(=O)O)CC1. The van der Waals surface area contributed by atoms with Crippen molar-refractivity contribution in [2.24, 2.45) is 17.8 Å². The summed E-state index contributed by atoms with van der Waals surface area (Å²) in [6, 6.07) is 0. The summed E-state index contributed by atoms with van der Waals surface area (Å²) in [4.78, 5) is 24.1. The number of carboxylic acids is 1. The van der Waals surface area contributed by atoms with E-state index in [2.05, 4.69) is 19.2 Å². The number of carbonyl (C=O) groups is 2. The molecule has 2 fully saturated rings. The van der Waals surface area contributed by atoms with Crippen LogP contribution >= 0.6 is 0 Å². The quantitative estimate of drug-likeness (QED) is 0.832. The predicted molar refractivity (Wildman–Crippen MR) is 77.3 cm³/mol. The van der Waals surface area contributed by atoms with Crippen molar-refractivity contribution in [2.75, 3.05) is 0 Å². The zero-order valence-corrected chi connectivity index (χ0v) is 12.7. The molecule has 0 spiro atoms. The van der Waals surface area contributed by atoms with Crippen molar-refractivity contribution in [2.45, 2.75) is 70.8 Å². The predicted octanol–water partition coefficient (Wildman–Crippen LogP) is 2.96. The average Bonchev–Trinajstić information content (AvgIpc) is 2.85. The highest BCUT2D eigenvalue weighted by atomic mass is 16.4. The van der Waals surface area contributed by atoms with E-state index in [-0.39, 0.29) is 11.8 Å². The van der Waals surface area contributed by atoms with Gasteiger partial charge >= 0.3 is 5.97 Å². The molecule has 0 radical (unpaired) electrons. The van der Waals surface area contributed by atoms with Crippen LogP contribution in [0.3, 0.4) is 0 Å². The van der Waals surface area contributed by atoms with Gasteiger partial charge in [0.15, 0.2) is 0 Å². The van der Waals surface area contributed by atoms with Crippen molar-refractivity contribution < 1.29 is 14.7 Å². The van der Waals surface area contributed by atoms with Crippen LogP contribution in [0.4, 0.5) is 0 Å². The van der Waals surface area contributed by atoms with Gasteiger partial charge in [0.1, 0.15) is 5.54 Å². The molecule has 2 N–H and O–H groups in total. The van der Waals surface area contributed by atoms with Gasteiger partial charge in [-0.05, 0) is 50.4 Å². The molecule has 20 heavy (non-hydrogen) atoms. The van der Waals surface area contributed by atoms with Crippen molar-refractivity contribution in [1.29, 1.82) is 0 Å². The van der Waals surface area contributed by atoms with E-state index in [0.717, 1.165) is 38.5 Å². The number of amides is 1. The Bertz CT molecular complexity index is 372.